The Hall–Kier alpha value is -1.79. The molecule has 1 amide bonds. The van der Waals surface area contributed by atoms with Gasteiger partial charge in [-0.1, -0.05) is 23.4 Å². The molecule has 1 aliphatic heterocycles. The van der Waals surface area contributed by atoms with Crippen LogP contribution >= 0.6 is 11.8 Å². The second-order valence-corrected chi connectivity index (χ2v) is 6.98. The molecular weight excluding hydrogens is 310 g/mol. The Bertz CT molecular complexity index is 644. The monoisotopic (exact) mass is 331 g/mol. The number of carbonyl (C=O) groups is 1. The lowest BCUT2D eigenvalue weighted by atomic mass is 10.2. The maximum Gasteiger partial charge on any atom is 0.239 e. The highest BCUT2D eigenvalue weighted by Gasteiger charge is 2.24. The van der Waals surface area contributed by atoms with Crippen LogP contribution in [0.15, 0.2) is 45.8 Å². The third kappa shape index (κ3) is 4.84. The second kappa shape index (κ2) is 7.66. The molecule has 1 aliphatic rings. The van der Waals surface area contributed by atoms with E-state index in [-0.39, 0.29) is 5.91 Å². The summed E-state index contributed by atoms with van der Waals surface area (Å²) in [7, 11) is 0. The predicted octanol–water partition coefficient (Wildman–Crippen LogP) is 3.04. The van der Waals surface area contributed by atoms with E-state index in [9.17, 15) is 4.79 Å². The first kappa shape index (κ1) is 16.1. The molecule has 0 aliphatic carbocycles. The molecule has 1 aromatic carbocycles. The Labute approximate surface area is 140 Å². The Morgan fingerprint density at radius 1 is 1.43 bits per heavy atom. The van der Waals surface area contributed by atoms with Crippen LogP contribution in [0.2, 0.25) is 0 Å². The minimum atomic E-state index is -0.0327. The number of likely N-dealkylation sites (tertiary alicyclic amines) is 1. The molecule has 1 fully saturated rings. The molecule has 5 nitrogen and oxygen atoms in total. The number of carbonyl (C=O) groups excluding carboxylic acids is 1. The lowest BCUT2D eigenvalue weighted by Gasteiger charge is -2.15. The molecule has 0 radical (unpaired) electrons. The van der Waals surface area contributed by atoms with Gasteiger partial charge < -0.3 is 9.84 Å². The summed E-state index contributed by atoms with van der Waals surface area (Å²) in [6.07, 6.45) is 1.15. The fourth-order valence-electron chi connectivity index (χ4n) is 2.73. The maximum absolute atomic E-state index is 12.0. The van der Waals surface area contributed by atoms with E-state index >= 15 is 0 Å². The van der Waals surface area contributed by atoms with Gasteiger partial charge in [0, 0.05) is 23.3 Å². The van der Waals surface area contributed by atoms with Crippen molar-refractivity contribution in [1.82, 2.24) is 10.1 Å². The van der Waals surface area contributed by atoms with E-state index in [1.54, 1.807) is 13.0 Å². The number of hydrogen-bond acceptors (Lipinski definition) is 5. The summed E-state index contributed by atoms with van der Waals surface area (Å²) in [5.41, 5.74) is 0. The van der Waals surface area contributed by atoms with Crippen LogP contribution in [0.4, 0.5) is 5.82 Å². The third-order valence-electron chi connectivity index (χ3n) is 3.86. The van der Waals surface area contributed by atoms with Crippen LogP contribution in [0, 0.1) is 12.8 Å². The molecule has 2 aromatic rings. The van der Waals surface area contributed by atoms with Crippen LogP contribution in [0.1, 0.15) is 12.2 Å². The molecular formula is C17H21N3O2S. The molecule has 1 saturated heterocycles. The van der Waals surface area contributed by atoms with Crippen molar-refractivity contribution in [2.75, 3.05) is 30.7 Å². The van der Waals surface area contributed by atoms with Crippen LogP contribution in [0.5, 0.6) is 0 Å². The lowest BCUT2D eigenvalue weighted by molar-refractivity contribution is -0.117. The number of nitrogens with one attached hydrogen (secondary N) is 1. The molecule has 1 atom stereocenters. The Morgan fingerprint density at radius 3 is 3.00 bits per heavy atom. The van der Waals surface area contributed by atoms with E-state index in [1.165, 1.54) is 4.90 Å². The molecule has 6 heteroatoms. The highest BCUT2D eigenvalue weighted by Crippen LogP contribution is 2.25. The molecule has 1 N–H and O–H groups in total. The van der Waals surface area contributed by atoms with Crippen molar-refractivity contribution in [3.8, 4) is 0 Å². The fourth-order valence-corrected chi connectivity index (χ4v) is 3.78. The summed E-state index contributed by atoms with van der Waals surface area (Å²) in [4.78, 5) is 15.5. The van der Waals surface area contributed by atoms with Crippen LogP contribution in [-0.4, -0.2) is 41.4 Å². The van der Waals surface area contributed by atoms with E-state index in [4.69, 9.17) is 4.52 Å². The van der Waals surface area contributed by atoms with Crippen molar-refractivity contribution in [3.05, 3.63) is 42.2 Å². The fraction of sp³-hybridized carbons (Fsp3) is 0.412. The van der Waals surface area contributed by atoms with E-state index < -0.39 is 0 Å². The Morgan fingerprint density at radius 2 is 2.26 bits per heavy atom. The quantitative estimate of drug-likeness (QED) is 0.825. The van der Waals surface area contributed by atoms with Crippen molar-refractivity contribution < 1.29 is 9.32 Å². The SMILES string of the molecule is Cc1cc(NC(=O)CN2CC[C@@H](CSc3ccccc3)C2)no1. The number of amides is 1. The van der Waals surface area contributed by atoms with Gasteiger partial charge >= 0.3 is 0 Å². The zero-order valence-electron chi connectivity index (χ0n) is 13.2. The normalized spacial score (nSPS) is 18.2. The molecule has 23 heavy (non-hydrogen) atoms. The van der Waals surface area contributed by atoms with Crippen LogP contribution in [0.3, 0.4) is 0 Å². The van der Waals surface area contributed by atoms with Gasteiger partial charge in [0.15, 0.2) is 5.82 Å². The molecule has 0 unspecified atom stereocenters. The number of hydrogen-bond donors (Lipinski definition) is 1. The summed E-state index contributed by atoms with van der Waals surface area (Å²) >= 11 is 1.89. The average molecular weight is 331 g/mol. The number of rotatable bonds is 6. The third-order valence-corrected chi connectivity index (χ3v) is 5.11. The zero-order chi connectivity index (χ0) is 16.1. The zero-order valence-corrected chi connectivity index (χ0v) is 14.0. The first-order valence-electron chi connectivity index (χ1n) is 7.82. The lowest BCUT2D eigenvalue weighted by Crippen LogP contribution is -2.31. The smallest absolute Gasteiger partial charge is 0.239 e. The van der Waals surface area contributed by atoms with Crippen LogP contribution in [0.25, 0.3) is 0 Å². The van der Waals surface area contributed by atoms with Crippen LogP contribution in [-0.2, 0) is 4.79 Å². The van der Waals surface area contributed by atoms with Crippen molar-refractivity contribution in [3.63, 3.8) is 0 Å². The van der Waals surface area contributed by atoms with Gasteiger partial charge in [-0.3, -0.25) is 9.69 Å². The molecule has 0 spiro atoms. The standard InChI is InChI=1S/C17H21N3O2S/c1-13-9-16(19-22-13)18-17(21)11-20-8-7-14(10-20)12-23-15-5-3-2-4-6-15/h2-6,9,14H,7-8,10-12H2,1H3,(H,18,19,21)/t14-/m1/s1. The Kier molecular flexibility index (Phi) is 5.35. The summed E-state index contributed by atoms with van der Waals surface area (Å²) in [6, 6.07) is 12.2. The molecule has 3 rings (SSSR count). The van der Waals surface area contributed by atoms with Crippen molar-refractivity contribution in [2.24, 2.45) is 5.92 Å². The highest BCUT2D eigenvalue weighted by molar-refractivity contribution is 7.99. The molecule has 2 heterocycles. The van der Waals surface area contributed by atoms with Gasteiger partial charge in [-0.05, 0) is 37.9 Å². The average Bonchev–Trinajstić information content (AvgIpc) is 3.15. The molecule has 0 bridgehead atoms. The van der Waals surface area contributed by atoms with Crippen molar-refractivity contribution in [1.29, 1.82) is 0 Å². The summed E-state index contributed by atoms with van der Waals surface area (Å²) in [5.74, 6) is 2.89. The van der Waals surface area contributed by atoms with Gasteiger partial charge in [-0.25, -0.2) is 0 Å². The second-order valence-electron chi connectivity index (χ2n) is 5.88. The topological polar surface area (TPSA) is 58.4 Å². The van der Waals surface area contributed by atoms with E-state index in [0.717, 1.165) is 25.3 Å². The largest absolute Gasteiger partial charge is 0.360 e. The van der Waals surface area contributed by atoms with Gasteiger partial charge in [0.1, 0.15) is 5.76 Å². The number of aromatic nitrogens is 1. The molecule has 0 saturated carbocycles. The van der Waals surface area contributed by atoms with E-state index in [1.807, 2.05) is 17.8 Å². The van der Waals surface area contributed by atoms with E-state index in [2.05, 4.69) is 39.6 Å². The van der Waals surface area contributed by atoms with Crippen LogP contribution < -0.4 is 5.32 Å². The number of nitrogens with zero attached hydrogens (tertiary/aromatic N) is 2. The first-order chi connectivity index (χ1) is 11.2. The number of aryl methyl sites for hydroxylation is 1. The predicted molar refractivity (Wildman–Crippen MR) is 91.6 cm³/mol. The number of anilines is 1. The minimum Gasteiger partial charge on any atom is -0.360 e. The first-order valence-corrected chi connectivity index (χ1v) is 8.81. The summed E-state index contributed by atoms with van der Waals surface area (Å²) in [5, 5.41) is 6.55. The minimum absolute atomic E-state index is 0.0327. The summed E-state index contributed by atoms with van der Waals surface area (Å²) in [6.45, 7) is 4.17. The number of thioether (sulfide) groups is 1. The van der Waals surface area contributed by atoms with Crippen molar-refractivity contribution in [2.45, 2.75) is 18.2 Å². The highest BCUT2D eigenvalue weighted by atomic mass is 32.2. The van der Waals surface area contributed by atoms with Gasteiger partial charge in [-0.2, -0.15) is 0 Å². The molecule has 1 aromatic heterocycles. The Balaban J connectivity index is 1.40. The number of benzene rings is 1. The summed E-state index contributed by atoms with van der Waals surface area (Å²) < 4.78 is 4.95. The van der Waals surface area contributed by atoms with Gasteiger partial charge in [0.05, 0.1) is 6.54 Å². The maximum atomic E-state index is 12.0. The van der Waals surface area contributed by atoms with Gasteiger partial charge in [0.25, 0.3) is 0 Å². The van der Waals surface area contributed by atoms with Crippen molar-refractivity contribution >= 4 is 23.5 Å². The van der Waals surface area contributed by atoms with E-state index in [0.29, 0.717) is 24.0 Å². The van der Waals surface area contributed by atoms with Gasteiger partial charge in [0.2, 0.25) is 5.91 Å². The van der Waals surface area contributed by atoms with Gasteiger partial charge in [-0.15, -0.1) is 11.8 Å². The molecule has 122 valence electrons.